The summed E-state index contributed by atoms with van der Waals surface area (Å²) in [6, 6.07) is 7.49. The molecule has 0 spiro atoms. The lowest BCUT2D eigenvalue weighted by Gasteiger charge is -2.21. The van der Waals surface area contributed by atoms with Crippen LogP contribution < -0.4 is 10.1 Å². The van der Waals surface area contributed by atoms with Crippen LogP contribution in [0.15, 0.2) is 24.3 Å². The minimum atomic E-state index is 0. The summed E-state index contributed by atoms with van der Waals surface area (Å²) >= 11 is 0. The van der Waals surface area contributed by atoms with E-state index >= 15 is 0 Å². The van der Waals surface area contributed by atoms with Gasteiger partial charge in [0.25, 0.3) is 0 Å². The molecule has 1 aromatic rings. The first-order chi connectivity index (χ1) is 8.31. The number of nitrogens with one attached hydrogen (secondary N) is 1. The highest BCUT2D eigenvalue weighted by Gasteiger charge is 2.21. The largest absolute Gasteiger partial charge is 0.494 e. The van der Waals surface area contributed by atoms with Crippen molar-refractivity contribution in [3.8, 4) is 5.75 Å². The number of carbonyl (C=O) groups excluding carboxylic acids is 1. The van der Waals surface area contributed by atoms with Crippen LogP contribution in [0, 0.1) is 5.92 Å². The quantitative estimate of drug-likeness (QED) is 0.854. The number of carbonyl (C=O) groups is 1. The normalized spacial score (nSPS) is 15.8. The monoisotopic (exact) mass is 269 g/mol. The number of hydrogen-bond donors (Lipinski definition) is 1. The second-order valence-corrected chi connectivity index (χ2v) is 4.35. The molecule has 0 bridgehead atoms. The van der Waals surface area contributed by atoms with Crippen LogP contribution in [0.2, 0.25) is 0 Å². The number of benzene rings is 1. The second-order valence-electron chi connectivity index (χ2n) is 4.35. The van der Waals surface area contributed by atoms with Gasteiger partial charge in [-0.1, -0.05) is 0 Å². The first kappa shape index (κ1) is 15.0. The van der Waals surface area contributed by atoms with Gasteiger partial charge >= 0.3 is 0 Å². The van der Waals surface area contributed by atoms with E-state index < -0.39 is 0 Å². The molecule has 0 amide bonds. The highest BCUT2D eigenvalue weighted by Crippen LogP contribution is 2.20. The lowest BCUT2D eigenvalue weighted by Crippen LogP contribution is -2.31. The van der Waals surface area contributed by atoms with Gasteiger partial charge in [-0.15, -0.1) is 12.4 Å². The number of ketones is 1. The molecular weight excluding hydrogens is 250 g/mol. The van der Waals surface area contributed by atoms with Crippen molar-refractivity contribution in [1.82, 2.24) is 5.32 Å². The first-order valence-corrected chi connectivity index (χ1v) is 6.29. The molecule has 0 radical (unpaired) electrons. The fourth-order valence-electron chi connectivity index (χ4n) is 2.20. The topological polar surface area (TPSA) is 38.3 Å². The number of Topliss-reactive ketones (excluding diaryl/α,β-unsaturated/α-hetero) is 1. The van der Waals surface area contributed by atoms with Crippen molar-refractivity contribution in [1.29, 1.82) is 0 Å². The van der Waals surface area contributed by atoms with Crippen molar-refractivity contribution in [3.63, 3.8) is 0 Å². The lowest BCUT2D eigenvalue weighted by atomic mass is 9.90. The second kappa shape index (κ2) is 7.39. The summed E-state index contributed by atoms with van der Waals surface area (Å²) in [5.41, 5.74) is 0.806. The van der Waals surface area contributed by atoms with E-state index in [1.165, 1.54) is 0 Å². The molecule has 0 aromatic heterocycles. The molecule has 1 N–H and O–H groups in total. The number of hydrogen-bond acceptors (Lipinski definition) is 3. The smallest absolute Gasteiger partial charge is 0.166 e. The fraction of sp³-hybridized carbons (Fsp3) is 0.500. The molecule has 100 valence electrons. The van der Waals surface area contributed by atoms with Gasteiger partial charge in [0.15, 0.2) is 5.78 Å². The molecule has 1 aliphatic heterocycles. The Morgan fingerprint density at radius 2 is 1.89 bits per heavy atom. The van der Waals surface area contributed by atoms with E-state index in [9.17, 15) is 4.79 Å². The SMILES string of the molecule is CCOc1ccc(C(=O)C2CCNCC2)cc1.Cl. The summed E-state index contributed by atoms with van der Waals surface area (Å²) in [5, 5.41) is 3.27. The zero-order valence-electron chi connectivity index (χ0n) is 10.6. The van der Waals surface area contributed by atoms with Gasteiger partial charge < -0.3 is 10.1 Å². The summed E-state index contributed by atoms with van der Waals surface area (Å²) in [6.07, 6.45) is 1.90. The van der Waals surface area contributed by atoms with Crippen LogP contribution in [0.5, 0.6) is 5.75 Å². The Kier molecular flexibility index (Phi) is 6.16. The van der Waals surface area contributed by atoms with E-state index in [1.807, 2.05) is 31.2 Å². The third-order valence-corrected chi connectivity index (χ3v) is 3.16. The molecule has 1 aromatic carbocycles. The van der Waals surface area contributed by atoms with Gasteiger partial charge in [0, 0.05) is 11.5 Å². The van der Waals surface area contributed by atoms with Crippen molar-refractivity contribution in [3.05, 3.63) is 29.8 Å². The highest BCUT2D eigenvalue weighted by atomic mass is 35.5. The summed E-state index contributed by atoms with van der Waals surface area (Å²) in [7, 11) is 0. The Hall–Kier alpha value is -1.06. The van der Waals surface area contributed by atoms with E-state index in [0.717, 1.165) is 37.2 Å². The van der Waals surface area contributed by atoms with Gasteiger partial charge in [-0.3, -0.25) is 4.79 Å². The fourth-order valence-corrected chi connectivity index (χ4v) is 2.20. The predicted molar refractivity (Wildman–Crippen MR) is 74.8 cm³/mol. The van der Waals surface area contributed by atoms with Gasteiger partial charge in [0.1, 0.15) is 5.75 Å². The van der Waals surface area contributed by atoms with Gasteiger partial charge in [0.05, 0.1) is 6.61 Å². The molecule has 0 aliphatic carbocycles. The van der Waals surface area contributed by atoms with E-state index in [2.05, 4.69) is 5.32 Å². The maximum absolute atomic E-state index is 12.2. The number of ether oxygens (including phenoxy) is 1. The lowest BCUT2D eigenvalue weighted by molar-refractivity contribution is 0.0895. The molecule has 1 heterocycles. The van der Waals surface area contributed by atoms with E-state index in [0.29, 0.717) is 6.61 Å². The molecule has 1 aliphatic rings. The maximum atomic E-state index is 12.2. The minimum absolute atomic E-state index is 0. The van der Waals surface area contributed by atoms with Gasteiger partial charge in [0.2, 0.25) is 0 Å². The average Bonchev–Trinajstić information content (AvgIpc) is 2.40. The maximum Gasteiger partial charge on any atom is 0.166 e. The Labute approximate surface area is 114 Å². The number of piperidine rings is 1. The molecule has 0 atom stereocenters. The molecule has 2 rings (SSSR count). The Morgan fingerprint density at radius 1 is 1.28 bits per heavy atom. The third kappa shape index (κ3) is 3.72. The predicted octanol–water partition coefficient (Wildman–Crippen LogP) is 2.69. The zero-order chi connectivity index (χ0) is 12.1. The van der Waals surface area contributed by atoms with Crippen LogP contribution in [0.1, 0.15) is 30.1 Å². The van der Waals surface area contributed by atoms with Crippen molar-refractivity contribution >= 4 is 18.2 Å². The van der Waals surface area contributed by atoms with Crippen LogP contribution in [-0.4, -0.2) is 25.5 Å². The first-order valence-electron chi connectivity index (χ1n) is 6.29. The van der Waals surface area contributed by atoms with Crippen LogP contribution in [0.3, 0.4) is 0 Å². The van der Waals surface area contributed by atoms with Crippen LogP contribution >= 0.6 is 12.4 Å². The molecule has 18 heavy (non-hydrogen) atoms. The summed E-state index contributed by atoms with van der Waals surface area (Å²) < 4.78 is 5.36. The Morgan fingerprint density at radius 3 is 2.44 bits per heavy atom. The molecule has 3 nitrogen and oxygen atoms in total. The minimum Gasteiger partial charge on any atom is -0.494 e. The van der Waals surface area contributed by atoms with Gasteiger partial charge in [-0.2, -0.15) is 0 Å². The van der Waals surface area contributed by atoms with Crippen LogP contribution in [0.4, 0.5) is 0 Å². The van der Waals surface area contributed by atoms with Crippen LogP contribution in [0.25, 0.3) is 0 Å². The van der Waals surface area contributed by atoms with Crippen molar-refractivity contribution in [2.24, 2.45) is 5.92 Å². The molecule has 0 saturated carbocycles. The zero-order valence-corrected chi connectivity index (χ0v) is 11.5. The van der Waals surface area contributed by atoms with E-state index in [-0.39, 0.29) is 24.1 Å². The summed E-state index contributed by atoms with van der Waals surface area (Å²) in [4.78, 5) is 12.2. The van der Waals surface area contributed by atoms with E-state index in [1.54, 1.807) is 0 Å². The molecule has 4 heteroatoms. The summed E-state index contributed by atoms with van der Waals surface area (Å²) in [6.45, 7) is 4.51. The van der Waals surface area contributed by atoms with Crippen LogP contribution in [-0.2, 0) is 0 Å². The molecule has 1 fully saturated rings. The summed E-state index contributed by atoms with van der Waals surface area (Å²) in [5.74, 6) is 1.29. The molecule has 0 unspecified atom stereocenters. The third-order valence-electron chi connectivity index (χ3n) is 3.16. The van der Waals surface area contributed by atoms with Gasteiger partial charge in [-0.05, 0) is 57.1 Å². The standard InChI is InChI=1S/C14H19NO2.ClH/c1-2-17-13-5-3-11(4-6-13)14(16)12-7-9-15-10-8-12;/h3-6,12,15H,2,7-10H2,1H3;1H. The highest BCUT2D eigenvalue weighted by molar-refractivity contribution is 5.98. The molecule has 1 saturated heterocycles. The average molecular weight is 270 g/mol. The number of rotatable bonds is 4. The Bertz CT molecular complexity index is 372. The Balaban J connectivity index is 0.00000162. The van der Waals surface area contributed by atoms with Crippen molar-refractivity contribution in [2.45, 2.75) is 19.8 Å². The number of halogens is 1. The van der Waals surface area contributed by atoms with Crippen molar-refractivity contribution < 1.29 is 9.53 Å². The van der Waals surface area contributed by atoms with E-state index in [4.69, 9.17) is 4.74 Å². The van der Waals surface area contributed by atoms with Gasteiger partial charge in [-0.25, -0.2) is 0 Å². The van der Waals surface area contributed by atoms with Crippen molar-refractivity contribution in [2.75, 3.05) is 19.7 Å². The molecular formula is C14H20ClNO2.